The third-order valence-corrected chi connectivity index (χ3v) is 5.90. The number of nitrogens with zero attached hydrogens (tertiary/aromatic N) is 4. The summed E-state index contributed by atoms with van der Waals surface area (Å²) in [6.07, 6.45) is 3.17. The number of amides is 1. The SMILES string of the molecule is CCCN(CCC)C(=O)CCN(Cc1ccccc1)c1nc(Cc2ccccc2)ns1. The summed E-state index contributed by atoms with van der Waals surface area (Å²) >= 11 is 1.42. The molecule has 164 valence electrons. The molecule has 0 N–H and O–H groups in total. The van der Waals surface area contributed by atoms with Gasteiger partial charge < -0.3 is 9.80 Å². The molecule has 1 heterocycles. The van der Waals surface area contributed by atoms with Gasteiger partial charge in [-0.05, 0) is 24.0 Å². The molecule has 0 saturated heterocycles. The van der Waals surface area contributed by atoms with Gasteiger partial charge in [-0.15, -0.1) is 0 Å². The first-order valence-electron chi connectivity index (χ1n) is 11.1. The first kappa shape index (κ1) is 22.9. The number of hydrogen-bond donors (Lipinski definition) is 0. The van der Waals surface area contributed by atoms with Crippen LogP contribution in [0.4, 0.5) is 5.13 Å². The Labute approximate surface area is 189 Å². The number of anilines is 1. The van der Waals surface area contributed by atoms with Crippen LogP contribution >= 0.6 is 11.5 Å². The van der Waals surface area contributed by atoms with Crippen molar-refractivity contribution >= 4 is 22.6 Å². The Morgan fingerprint density at radius 1 is 0.871 bits per heavy atom. The molecule has 0 radical (unpaired) electrons. The van der Waals surface area contributed by atoms with Crippen LogP contribution in [0.15, 0.2) is 60.7 Å². The lowest BCUT2D eigenvalue weighted by molar-refractivity contribution is -0.131. The molecule has 0 atom stereocenters. The minimum Gasteiger partial charge on any atom is -0.343 e. The van der Waals surface area contributed by atoms with E-state index in [0.717, 1.165) is 49.9 Å². The van der Waals surface area contributed by atoms with Crippen molar-refractivity contribution in [1.82, 2.24) is 14.3 Å². The van der Waals surface area contributed by atoms with Gasteiger partial charge in [-0.1, -0.05) is 74.5 Å². The standard InChI is InChI=1S/C25H32N4OS/c1-3-16-28(17-4-2)24(30)15-18-29(20-22-13-9-6-10-14-22)25-26-23(27-31-25)19-21-11-7-5-8-12-21/h5-14H,3-4,15-20H2,1-2H3. The second-order valence-electron chi connectivity index (χ2n) is 7.69. The molecule has 5 nitrogen and oxygen atoms in total. The topological polar surface area (TPSA) is 49.3 Å². The van der Waals surface area contributed by atoms with Gasteiger partial charge in [0.1, 0.15) is 5.82 Å². The number of aromatic nitrogens is 2. The van der Waals surface area contributed by atoms with Gasteiger partial charge in [0.2, 0.25) is 11.0 Å². The zero-order chi connectivity index (χ0) is 21.9. The fourth-order valence-electron chi connectivity index (χ4n) is 3.56. The number of carbonyl (C=O) groups is 1. The molecule has 2 aromatic carbocycles. The third-order valence-electron chi connectivity index (χ3n) is 5.08. The third kappa shape index (κ3) is 7.17. The van der Waals surface area contributed by atoms with E-state index >= 15 is 0 Å². The molecule has 0 aliphatic rings. The van der Waals surface area contributed by atoms with Gasteiger partial charge in [-0.25, -0.2) is 4.98 Å². The average Bonchev–Trinajstić information content (AvgIpc) is 3.26. The maximum atomic E-state index is 12.8. The van der Waals surface area contributed by atoms with Gasteiger partial charge in [0.25, 0.3) is 0 Å². The lowest BCUT2D eigenvalue weighted by atomic mass is 10.1. The Bertz CT molecular complexity index is 908. The Kier molecular flexibility index (Phi) is 9.03. The van der Waals surface area contributed by atoms with Gasteiger partial charge >= 0.3 is 0 Å². The predicted octanol–water partition coefficient (Wildman–Crippen LogP) is 5.17. The van der Waals surface area contributed by atoms with E-state index in [2.05, 4.69) is 47.4 Å². The van der Waals surface area contributed by atoms with Gasteiger partial charge in [0.05, 0.1) is 0 Å². The van der Waals surface area contributed by atoms with Crippen LogP contribution in [-0.2, 0) is 17.8 Å². The van der Waals surface area contributed by atoms with Crippen LogP contribution in [0.1, 0.15) is 50.1 Å². The molecule has 3 rings (SSSR count). The van der Waals surface area contributed by atoms with E-state index < -0.39 is 0 Å². The van der Waals surface area contributed by atoms with Crippen LogP contribution in [0.2, 0.25) is 0 Å². The lowest BCUT2D eigenvalue weighted by Crippen LogP contribution is -2.35. The molecule has 1 aromatic heterocycles. The molecule has 1 amide bonds. The summed E-state index contributed by atoms with van der Waals surface area (Å²) in [6.45, 7) is 7.24. The van der Waals surface area contributed by atoms with E-state index in [-0.39, 0.29) is 5.91 Å². The van der Waals surface area contributed by atoms with Crippen molar-refractivity contribution in [2.75, 3.05) is 24.5 Å². The molecule has 0 unspecified atom stereocenters. The number of benzene rings is 2. The minimum atomic E-state index is 0.218. The van der Waals surface area contributed by atoms with E-state index in [1.165, 1.54) is 22.7 Å². The largest absolute Gasteiger partial charge is 0.343 e. The number of hydrogen-bond acceptors (Lipinski definition) is 5. The summed E-state index contributed by atoms with van der Waals surface area (Å²) < 4.78 is 4.59. The molecule has 0 spiro atoms. The second kappa shape index (κ2) is 12.2. The molecular weight excluding hydrogens is 404 g/mol. The van der Waals surface area contributed by atoms with Gasteiger partial charge in [-0.3, -0.25) is 4.79 Å². The molecule has 0 bridgehead atoms. The maximum Gasteiger partial charge on any atom is 0.224 e. The molecular formula is C25H32N4OS. The normalized spacial score (nSPS) is 10.8. The van der Waals surface area contributed by atoms with Crippen LogP contribution in [0.5, 0.6) is 0 Å². The summed E-state index contributed by atoms with van der Waals surface area (Å²) in [7, 11) is 0. The minimum absolute atomic E-state index is 0.218. The highest BCUT2D eigenvalue weighted by molar-refractivity contribution is 7.09. The van der Waals surface area contributed by atoms with Crippen molar-refractivity contribution < 1.29 is 4.79 Å². The first-order valence-corrected chi connectivity index (χ1v) is 11.9. The van der Waals surface area contributed by atoms with Crippen molar-refractivity contribution in [2.45, 2.75) is 46.1 Å². The summed E-state index contributed by atoms with van der Waals surface area (Å²) in [5.41, 5.74) is 2.40. The highest BCUT2D eigenvalue weighted by Crippen LogP contribution is 2.22. The fraction of sp³-hybridized carbons (Fsp3) is 0.400. The van der Waals surface area contributed by atoms with Gasteiger partial charge in [-0.2, -0.15) is 4.37 Å². The Hall–Kier alpha value is -2.73. The maximum absolute atomic E-state index is 12.8. The Balaban J connectivity index is 1.71. The Morgan fingerprint density at radius 3 is 2.10 bits per heavy atom. The van der Waals surface area contributed by atoms with Crippen molar-refractivity contribution in [1.29, 1.82) is 0 Å². The molecule has 0 aliphatic carbocycles. The predicted molar refractivity (Wildman–Crippen MR) is 128 cm³/mol. The highest BCUT2D eigenvalue weighted by atomic mass is 32.1. The fourth-order valence-corrected chi connectivity index (χ4v) is 4.27. The van der Waals surface area contributed by atoms with Crippen LogP contribution < -0.4 is 4.90 Å². The zero-order valence-corrected chi connectivity index (χ0v) is 19.4. The molecule has 31 heavy (non-hydrogen) atoms. The smallest absolute Gasteiger partial charge is 0.224 e. The highest BCUT2D eigenvalue weighted by Gasteiger charge is 2.18. The number of carbonyl (C=O) groups excluding carboxylic acids is 1. The molecule has 0 aliphatic heterocycles. The van der Waals surface area contributed by atoms with E-state index in [9.17, 15) is 4.79 Å². The van der Waals surface area contributed by atoms with Crippen LogP contribution in [0.3, 0.4) is 0 Å². The van der Waals surface area contributed by atoms with Crippen LogP contribution in [0.25, 0.3) is 0 Å². The number of rotatable bonds is 12. The second-order valence-corrected chi connectivity index (χ2v) is 8.42. The van der Waals surface area contributed by atoms with E-state index in [1.807, 2.05) is 41.3 Å². The van der Waals surface area contributed by atoms with Gasteiger partial charge in [0.15, 0.2) is 0 Å². The van der Waals surface area contributed by atoms with Crippen molar-refractivity contribution in [3.05, 3.63) is 77.6 Å². The summed E-state index contributed by atoms with van der Waals surface area (Å²) in [5, 5.41) is 0.875. The first-order chi connectivity index (χ1) is 15.2. The van der Waals surface area contributed by atoms with E-state index in [4.69, 9.17) is 4.98 Å². The van der Waals surface area contributed by atoms with Crippen molar-refractivity contribution in [2.24, 2.45) is 0 Å². The molecule has 6 heteroatoms. The summed E-state index contributed by atoms with van der Waals surface area (Å²) in [4.78, 5) is 21.8. The van der Waals surface area contributed by atoms with Crippen molar-refractivity contribution in [3.63, 3.8) is 0 Å². The zero-order valence-electron chi connectivity index (χ0n) is 18.5. The van der Waals surface area contributed by atoms with Crippen LogP contribution in [-0.4, -0.2) is 39.8 Å². The monoisotopic (exact) mass is 436 g/mol. The van der Waals surface area contributed by atoms with Gasteiger partial charge in [0, 0.05) is 50.6 Å². The van der Waals surface area contributed by atoms with E-state index in [1.54, 1.807) is 0 Å². The summed E-state index contributed by atoms with van der Waals surface area (Å²) in [5.74, 6) is 1.05. The molecule has 0 saturated carbocycles. The average molecular weight is 437 g/mol. The summed E-state index contributed by atoms with van der Waals surface area (Å²) in [6, 6.07) is 20.6. The quantitative estimate of drug-likeness (QED) is 0.393. The van der Waals surface area contributed by atoms with Crippen LogP contribution in [0, 0.1) is 0 Å². The lowest BCUT2D eigenvalue weighted by Gasteiger charge is -2.25. The molecule has 0 fully saturated rings. The Morgan fingerprint density at radius 2 is 1.48 bits per heavy atom. The molecule has 3 aromatic rings. The van der Waals surface area contributed by atoms with Crippen molar-refractivity contribution in [3.8, 4) is 0 Å². The van der Waals surface area contributed by atoms with E-state index in [0.29, 0.717) is 13.0 Å².